The molecule has 4 rings (SSSR count). The van der Waals surface area contributed by atoms with E-state index in [0.717, 1.165) is 54.9 Å². The SMILES string of the molecule is Cc1cc2c(n1-c1ccc(C(=O)NCCCN3C[C@H](C)C[C@@H](C)C3)cc1)CC[C@H](C)C2. The Labute approximate surface area is 188 Å². The predicted molar refractivity (Wildman–Crippen MR) is 128 cm³/mol. The highest BCUT2D eigenvalue weighted by Crippen LogP contribution is 2.30. The standard InChI is InChI=1S/C27H39N3O/c1-19-6-11-26-24(15-19)16-22(4)30(26)25-9-7-23(8-10-25)27(31)28-12-5-13-29-17-20(2)14-21(3)18-29/h7-10,16,19-21H,5-6,11-15,17-18H2,1-4H3,(H,28,31)/t19-,20+,21+/m0/s1. The molecule has 0 radical (unpaired) electrons. The Balaban J connectivity index is 1.31. The van der Waals surface area contributed by atoms with Gasteiger partial charge < -0.3 is 14.8 Å². The monoisotopic (exact) mass is 421 g/mol. The summed E-state index contributed by atoms with van der Waals surface area (Å²) in [6, 6.07) is 10.5. The fourth-order valence-corrected chi connectivity index (χ4v) is 5.77. The highest BCUT2D eigenvalue weighted by atomic mass is 16.1. The minimum absolute atomic E-state index is 0.0343. The van der Waals surface area contributed by atoms with E-state index in [1.165, 1.54) is 49.3 Å². The van der Waals surface area contributed by atoms with Crippen LogP contribution in [0.2, 0.25) is 0 Å². The highest BCUT2D eigenvalue weighted by Gasteiger charge is 2.22. The van der Waals surface area contributed by atoms with Crippen LogP contribution in [0.25, 0.3) is 5.69 Å². The van der Waals surface area contributed by atoms with E-state index in [-0.39, 0.29) is 5.91 Å². The molecule has 0 spiro atoms. The number of piperidine rings is 1. The Bertz CT molecular complexity index is 888. The van der Waals surface area contributed by atoms with Gasteiger partial charge >= 0.3 is 0 Å². The van der Waals surface area contributed by atoms with E-state index in [1.54, 1.807) is 0 Å². The molecule has 1 aliphatic carbocycles. The van der Waals surface area contributed by atoms with Crippen LogP contribution in [0, 0.1) is 24.7 Å². The molecule has 0 saturated carbocycles. The number of nitrogens with one attached hydrogen (secondary N) is 1. The molecule has 4 nitrogen and oxygen atoms in total. The highest BCUT2D eigenvalue weighted by molar-refractivity contribution is 5.94. The average Bonchev–Trinajstić information content (AvgIpc) is 3.05. The van der Waals surface area contributed by atoms with E-state index in [4.69, 9.17) is 0 Å². The first-order valence-corrected chi connectivity index (χ1v) is 12.2. The molecule has 1 fully saturated rings. The zero-order chi connectivity index (χ0) is 22.0. The summed E-state index contributed by atoms with van der Waals surface area (Å²) in [5, 5.41) is 3.11. The molecule has 0 bridgehead atoms. The molecule has 4 heteroatoms. The number of aromatic nitrogens is 1. The van der Waals surface area contributed by atoms with Gasteiger partial charge in [0.05, 0.1) is 0 Å². The van der Waals surface area contributed by atoms with Crippen LogP contribution in [0.1, 0.15) is 67.3 Å². The number of likely N-dealkylation sites (tertiary alicyclic amines) is 1. The number of amides is 1. The zero-order valence-corrected chi connectivity index (χ0v) is 19.8. The van der Waals surface area contributed by atoms with Gasteiger partial charge in [-0.3, -0.25) is 4.79 Å². The summed E-state index contributed by atoms with van der Waals surface area (Å²) in [6.07, 6.45) is 5.93. The third-order valence-electron chi connectivity index (χ3n) is 7.09. The van der Waals surface area contributed by atoms with Crippen molar-refractivity contribution in [3.8, 4) is 5.69 Å². The summed E-state index contributed by atoms with van der Waals surface area (Å²) in [7, 11) is 0. The van der Waals surface area contributed by atoms with E-state index in [0.29, 0.717) is 0 Å². The van der Waals surface area contributed by atoms with Gasteiger partial charge in [0.1, 0.15) is 0 Å². The van der Waals surface area contributed by atoms with Gasteiger partial charge in [0.25, 0.3) is 5.91 Å². The van der Waals surface area contributed by atoms with E-state index < -0.39 is 0 Å². The maximum absolute atomic E-state index is 12.6. The Hall–Kier alpha value is -2.07. The van der Waals surface area contributed by atoms with Gasteiger partial charge in [-0.2, -0.15) is 0 Å². The lowest BCUT2D eigenvalue weighted by atomic mass is 9.89. The van der Waals surface area contributed by atoms with Crippen LogP contribution in [-0.4, -0.2) is 41.6 Å². The van der Waals surface area contributed by atoms with Crippen molar-refractivity contribution in [1.82, 2.24) is 14.8 Å². The Morgan fingerprint density at radius 3 is 2.48 bits per heavy atom. The summed E-state index contributed by atoms with van der Waals surface area (Å²) in [5.41, 5.74) is 6.15. The molecule has 2 aliphatic rings. The summed E-state index contributed by atoms with van der Waals surface area (Å²) in [6.45, 7) is 13.4. The van der Waals surface area contributed by atoms with Crippen molar-refractivity contribution in [3.63, 3.8) is 0 Å². The molecule has 1 amide bonds. The first-order valence-electron chi connectivity index (χ1n) is 12.2. The number of hydrogen-bond donors (Lipinski definition) is 1. The fraction of sp³-hybridized carbons (Fsp3) is 0.593. The van der Waals surface area contributed by atoms with E-state index in [9.17, 15) is 4.79 Å². The molecular formula is C27H39N3O. The number of hydrogen-bond acceptors (Lipinski definition) is 2. The van der Waals surface area contributed by atoms with Crippen LogP contribution in [-0.2, 0) is 12.8 Å². The van der Waals surface area contributed by atoms with Crippen molar-refractivity contribution >= 4 is 5.91 Å². The van der Waals surface area contributed by atoms with Crippen molar-refractivity contribution in [1.29, 1.82) is 0 Å². The number of rotatable bonds is 6. The summed E-state index contributed by atoms with van der Waals surface area (Å²) in [4.78, 5) is 15.2. The van der Waals surface area contributed by atoms with Gasteiger partial charge in [-0.1, -0.05) is 20.8 Å². The van der Waals surface area contributed by atoms with Crippen LogP contribution in [0.4, 0.5) is 0 Å². The predicted octanol–water partition coefficient (Wildman–Crippen LogP) is 5.01. The molecule has 1 N–H and O–H groups in total. The van der Waals surface area contributed by atoms with Crippen molar-refractivity contribution in [3.05, 3.63) is 52.8 Å². The topological polar surface area (TPSA) is 37.3 Å². The minimum Gasteiger partial charge on any atom is -0.352 e. The number of aryl methyl sites for hydroxylation is 1. The summed E-state index contributed by atoms with van der Waals surface area (Å²) < 4.78 is 2.38. The molecular weight excluding hydrogens is 382 g/mol. The largest absolute Gasteiger partial charge is 0.352 e. The molecule has 2 heterocycles. The maximum Gasteiger partial charge on any atom is 0.251 e. The zero-order valence-electron chi connectivity index (χ0n) is 19.8. The van der Waals surface area contributed by atoms with E-state index in [2.05, 4.69) is 60.7 Å². The average molecular weight is 422 g/mol. The molecule has 168 valence electrons. The van der Waals surface area contributed by atoms with Gasteiger partial charge in [-0.15, -0.1) is 0 Å². The normalized spacial score (nSPS) is 24.1. The lowest BCUT2D eigenvalue weighted by molar-refractivity contribution is 0.0947. The van der Waals surface area contributed by atoms with Crippen molar-refractivity contribution < 1.29 is 4.79 Å². The molecule has 31 heavy (non-hydrogen) atoms. The summed E-state index contributed by atoms with van der Waals surface area (Å²) >= 11 is 0. The first-order chi connectivity index (χ1) is 14.9. The second-order valence-corrected chi connectivity index (χ2v) is 10.3. The third-order valence-corrected chi connectivity index (χ3v) is 7.09. The van der Waals surface area contributed by atoms with Crippen LogP contribution < -0.4 is 5.32 Å². The molecule has 1 aromatic heterocycles. The lowest BCUT2D eigenvalue weighted by Crippen LogP contribution is -2.40. The van der Waals surface area contributed by atoms with Gasteiger partial charge in [0.15, 0.2) is 0 Å². The van der Waals surface area contributed by atoms with Gasteiger partial charge in [0, 0.05) is 42.3 Å². The molecule has 1 aromatic carbocycles. The van der Waals surface area contributed by atoms with Gasteiger partial charge in [-0.25, -0.2) is 0 Å². The first kappa shape index (κ1) is 22.1. The number of carbonyl (C=O) groups is 1. The van der Waals surface area contributed by atoms with Crippen LogP contribution >= 0.6 is 0 Å². The van der Waals surface area contributed by atoms with Crippen molar-refractivity contribution in [2.45, 2.75) is 59.8 Å². The number of carbonyl (C=O) groups excluding carboxylic acids is 1. The molecule has 0 unspecified atom stereocenters. The maximum atomic E-state index is 12.6. The van der Waals surface area contributed by atoms with E-state index >= 15 is 0 Å². The van der Waals surface area contributed by atoms with E-state index in [1.807, 2.05) is 12.1 Å². The second-order valence-electron chi connectivity index (χ2n) is 10.3. The van der Waals surface area contributed by atoms with Crippen LogP contribution in [0.5, 0.6) is 0 Å². The lowest BCUT2D eigenvalue weighted by Gasteiger charge is -2.34. The smallest absolute Gasteiger partial charge is 0.251 e. The van der Waals surface area contributed by atoms with Crippen molar-refractivity contribution in [2.24, 2.45) is 17.8 Å². The van der Waals surface area contributed by atoms with Crippen LogP contribution in [0.15, 0.2) is 30.3 Å². The quantitative estimate of drug-likeness (QED) is 0.666. The third kappa shape index (κ3) is 5.23. The summed E-state index contributed by atoms with van der Waals surface area (Å²) in [5.74, 6) is 2.38. The Morgan fingerprint density at radius 1 is 1.06 bits per heavy atom. The van der Waals surface area contributed by atoms with Crippen molar-refractivity contribution in [2.75, 3.05) is 26.2 Å². The molecule has 2 aromatic rings. The number of nitrogens with zero attached hydrogens (tertiary/aromatic N) is 2. The molecule has 1 aliphatic heterocycles. The Morgan fingerprint density at radius 2 is 1.77 bits per heavy atom. The molecule has 3 atom stereocenters. The fourth-order valence-electron chi connectivity index (χ4n) is 5.77. The second kappa shape index (κ2) is 9.60. The van der Waals surface area contributed by atoms with Gasteiger partial charge in [0.2, 0.25) is 0 Å². The Kier molecular flexibility index (Phi) is 6.86. The molecule has 1 saturated heterocycles. The van der Waals surface area contributed by atoms with Crippen LogP contribution in [0.3, 0.4) is 0 Å². The number of benzene rings is 1. The minimum atomic E-state index is 0.0343. The number of fused-ring (bicyclic) bond motifs is 1. The van der Waals surface area contributed by atoms with Gasteiger partial charge in [-0.05, 0) is 99.2 Å².